The summed E-state index contributed by atoms with van der Waals surface area (Å²) in [6, 6.07) is 8.44. The highest BCUT2D eigenvalue weighted by molar-refractivity contribution is 7.90. The van der Waals surface area contributed by atoms with E-state index in [0.717, 1.165) is 6.26 Å². The number of fused-ring (bicyclic) bond motifs is 1. The second kappa shape index (κ2) is 7.98. The van der Waals surface area contributed by atoms with E-state index in [4.69, 9.17) is 4.74 Å². The number of benzene rings is 2. The molecule has 1 heterocycles. The van der Waals surface area contributed by atoms with Crippen LogP contribution in [0.25, 0.3) is 0 Å². The predicted molar refractivity (Wildman–Crippen MR) is 102 cm³/mol. The van der Waals surface area contributed by atoms with Crippen molar-refractivity contribution in [2.75, 3.05) is 23.1 Å². The first-order valence-electron chi connectivity index (χ1n) is 8.67. The van der Waals surface area contributed by atoms with E-state index in [1.54, 1.807) is 0 Å². The number of hydrogen-bond donors (Lipinski definition) is 1. The molecule has 0 radical (unpaired) electrons. The van der Waals surface area contributed by atoms with Gasteiger partial charge in [0.25, 0.3) is 5.91 Å². The van der Waals surface area contributed by atoms with Crippen LogP contribution in [0.2, 0.25) is 0 Å². The molecule has 1 aliphatic heterocycles. The molecule has 1 atom stereocenters. The van der Waals surface area contributed by atoms with Crippen molar-refractivity contribution in [1.29, 1.82) is 0 Å². The molecule has 7 nitrogen and oxygen atoms in total. The van der Waals surface area contributed by atoms with E-state index in [-0.39, 0.29) is 22.0 Å². The summed E-state index contributed by atoms with van der Waals surface area (Å²) in [5.41, 5.74) is -0.00759. The first-order chi connectivity index (χ1) is 14.0. The van der Waals surface area contributed by atoms with E-state index in [9.17, 15) is 31.2 Å². The molecule has 0 saturated carbocycles. The third kappa shape index (κ3) is 4.73. The molecule has 0 bridgehead atoms. The molecule has 2 amide bonds. The molecule has 11 heteroatoms. The number of nitrogens with one attached hydrogen (secondary N) is 1. The number of para-hydroxylation sites is 2. The van der Waals surface area contributed by atoms with Gasteiger partial charge in [-0.1, -0.05) is 12.1 Å². The van der Waals surface area contributed by atoms with Gasteiger partial charge < -0.3 is 10.1 Å². The van der Waals surface area contributed by atoms with E-state index < -0.39 is 46.9 Å². The van der Waals surface area contributed by atoms with Crippen LogP contribution in [0, 0.1) is 0 Å². The lowest BCUT2D eigenvalue weighted by atomic mass is 10.1. The maximum absolute atomic E-state index is 13.6. The summed E-state index contributed by atoms with van der Waals surface area (Å²) < 4.78 is 69.2. The van der Waals surface area contributed by atoms with Crippen molar-refractivity contribution in [2.45, 2.75) is 23.5 Å². The van der Waals surface area contributed by atoms with Gasteiger partial charge in [-0.25, -0.2) is 8.42 Å². The number of hydrogen-bond acceptors (Lipinski definition) is 5. The summed E-state index contributed by atoms with van der Waals surface area (Å²) in [5.74, 6) is -1.76. The molecule has 1 N–H and O–H groups in total. The predicted octanol–water partition coefficient (Wildman–Crippen LogP) is 2.78. The Kier molecular flexibility index (Phi) is 5.75. The first-order valence-corrected chi connectivity index (χ1v) is 10.6. The Balaban J connectivity index is 1.87. The number of halogens is 3. The van der Waals surface area contributed by atoms with Crippen LogP contribution in [0.4, 0.5) is 24.5 Å². The fourth-order valence-corrected chi connectivity index (χ4v) is 3.62. The Bertz CT molecular complexity index is 1070. The topological polar surface area (TPSA) is 92.8 Å². The molecule has 1 aliphatic rings. The minimum Gasteiger partial charge on any atom is -0.484 e. The summed E-state index contributed by atoms with van der Waals surface area (Å²) in [6.45, 7) is -0.743. The molecule has 1 unspecified atom stereocenters. The number of alkyl halides is 3. The number of carbonyl (C=O) groups is 2. The molecule has 160 valence electrons. The number of sulfone groups is 1. The average molecular weight is 442 g/mol. The summed E-state index contributed by atoms with van der Waals surface area (Å²) in [4.78, 5) is 25.2. The van der Waals surface area contributed by atoms with Gasteiger partial charge in [0.1, 0.15) is 11.8 Å². The molecule has 2 aromatic rings. The fourth-order valence-electron chi connectivity index (χ4n) is 2.99. The van der Waals surface area contributed by atoms with Gasteiger partial charge in [0.15, 0.2) is 16.4 Å². The highest BCUT2D eigenvalue weighted by atomic mass is 32.2. The minimum absolute atomic E-state index is 0.0318. The number of rotatable bonds is 4. The molecule has 0 aromatic heterocycles. The molecule has 3 rings (SSSR count). The molecule has 0 aliphatic carbocycles. The largest absolute Gasteiger partial charge is 0.484 e. The highest BCUT2D eigenvalue weighted by Crippen LogP contribution is 2.37. The molecule has 30 heavy (non-hydrogen) atoms. The standard InChI is InChI=1S/C19H17F3N2O5S/c1-30(27,28)13-8-6-12(7-9-13)29-11-18(26)24-15-5-3-2-4-14(15)23-17(25)10-16(24)19(20,21)22/h2-9,16H,10-11H2,1H3,(H,23,25). The zero-order chi connectivity index (χ0) is 22.1. The van der Waals surface area contributed by atoms with Gasteiger partial charge in [0.2, 0.25) is 5.91 Å². The Hall–Kier alpha value is -3.08. The van der Waals surface area contributed by atoms with E-state index in [2.05, 4.69) is 5.32 Å². The molecule has 0 fully saturated rings. The Morgan fingerprint density at radius 1 is 1.17 bits per heavy atom. The quantitative estimate of drug-likeness (QED) is 0.786. The van der Waals surface area contributed by atoms with Gasteiger partial charge in [0, 0.05) is 6.26 Å². The summed E-state index contributed by atoms with van der Waals surface area (Å²) in [7, 11) is -3.43. The number of nitrogens with zero attached hydrogens (tertiary/aromatic N) is 1. The lowest BCUT2D eigenvalue weighted by molar-refractivity contribution is -0.158. The first kappa shape index (κ1) is 21.6. The average Bonchev–Trinajstić information content (AvgIpc) is 2.81. The number of carbonyl (C=O) groups excluding carboxylic acids is 2. The number of anilines is 2. The lowest BCUT2D eigenvalue weighted by Crippen LogP contribution is -2.51. The maximum atomic E-state index is 13.6. The van der Waals surface area contributed by atoms with Crippen molar-refractivity contribution in [3.63, 3.8) is 0 Å². The fraction of sp³-hybridized carbons (Fsp3) is 0.263. The third-order valence-electron chi connectivity index (χ3n) is 4.39. The van der Waals surface area contributed by atoms with Gasteiger partial charge >= 0.3 is 6.18 Å². The monoisotopic (exact) mass is 442 g/mol. The summed E-state index contributed by atoms with van der Waals surface area (Å²) in [5, 5.41) is 2.37. The normalized spacial score (nSPS) is 17.0. The number of amides is 2. The second-order valence-electron chi connectivity index (χ2n) is 6.62. The van der Waals surface area contributed by atoms with Crippen LogP contribution < -0.4 is 15.0 Å². The van der Waals surface area contributed by atoms with Gasteiger partial charge in [-0.05, 0) is 36.4 Å². The minimum atomic E-state index is -4.85. The van der Waals surface area contributed by atoms with Crippen LogP contribution in [0.15, 0.2) is 53.4 Å². The third-order valence-corrected chi connectivity index (χ3v) is 5.52. The van der Waals surface area contributed by atoms with Crippen molar-refractivity contribution in [3.05, 3.63) is 48.5 Å². The second-order valence-corrected chi connectivity index (χ2v) is 8.64. The zero-order valence-electron chi connectivity index (χ0n) is 15.6. The molecule has 0 spiro atoms. The molecular weight excluding hydrogens is 425 g/mol. The zero-order valence-corrected chi connectivity index (χ0v) is 16.5. The van der Waals surface area contributed by atoms with Gasteiger partial charge in [-0.3, -0.25) is 14.5 Å². The SMILES string of the molecule is CS(=O)(=O)c1ccc(OCC(=O)N2c3ccccc3NC(=O)CC2C(F)(F)F)cc1. The van der Waals surface area contributed by atoms with Crippen LogP contribution in [0.3, 0.4) is 0 Å². The van der Waals surface area contributed by atoms with Gasteiger partial charge in [-0.15, -0.1) is 0 Å². The van der Waals surface area contributed by atoms with Crippen molar-refractivity contribution < 1.29 is 35.9 Å². The Morgan fingerprint density at radius 3 is 2.40 bits per heavy atom. The Morgan fingerprint density at radius 2 is 1.80 bits per heavy atom. The van der Waals surface area contributed by atoms with Crippen LogP contribution in [-0.2, 0) is 19.4 Å². The van der Waals surface area contributed by atoms with Crippen molar-refractivity contribution >= 4 is 33.0 Å². The van der Waals surface area contributed by atoms with E-state index >= 15 is 0 Å². The van der Waals surface area contributed by atoms with E-state index in [1.165, 1.54) is 48.5 Å². The van der Waals surface area contributed by atoms with Crippen LogP contribution in [0.1, 0.15) is 6.42 Å². The van der Waals surface area contributed by atoms with Crippen molar-refractivity contribution in [3.8, 4) is 5.75 Å². The van der Waals surface area contributed by atoms with Crippen molar-refractivity contribution in [2.24, 2.45) is 0 Å². The smallest absolute Gasteiger partial charge is 0.409 e. The van der Waals surface area contributed by atoms with Crippen LogP contribution in [-0.4, -0.2) is 45.3 Å². The maximum Gasteiger partial charge on any atom is 0.409 e. The van der Waals surface area contributed by atoms with Crippen LogP contribution >= 0.6 is 0 Å². The lowest BCUT2D eigenvalue weighted by Gasteiger charge is -2.31. The highest BCUT2D eigenvalue weighted by Gasteiger charge is 2.49. The summed E-state index contributed by atoms with van der Waals surface area (Å²) in [6.07, 6.45) is -4.77. The number of ether oxygens (including phenoxy) is 1. The van der Waals surface area contributed by atoms with Crippen LogP contribution in [0.5, 0.6) is 5.75 Å². The van der Waals surface area contributed by atoms with Gasteiger partial charge in [-0.2, -0.15) is 13.2 Å². The van der Waals surface area contributed by atoms with Gasteiger partial charge in [0.05, 0.1) is 22.7 Å². The molecule has 2 aromatic carbocycles. The molecular formula is C19H17F3N2O5S. The van der Waals surface area contributed by atoms with E-state index in [1.807, 2.05) is 0 Å². The molecule has 0 saturated heterocycles. The van der Waals surface area contributed by atoms with E-state index in [0.29, 0.717) is 4.90 Å². The summed E-state index contributed by atoms with van der Waals surface area (Å²) >= 11 is 0. The Labute approximate surface area is 170 Å². The van der Waals surface area contributed by atoms with Crippen molar-refractivity contribution in [1.82, 2.24) is 0 Å².